The van der Waals surface area contributed by atoms with Gasteiger partial charge in [-0.05, 0) is 36.4 Å². The number of benzene rings is 4. The number of hydrogen-bond acceptors (Lipinski definition) is 12. The van der Waals surface area contributed by atoms with Crippen molar-refractivity contribution in [1.29, 1.82) is 0 Å². The van der Waals surface area contributed by atoms with Crippen LogP contribution in [0.4, 0.5) is 33.3 Å². The number of ether oxygens (including phenoxy) is 2. The lowest BCUT2D eigenvalue weighted by Crippen LogP contribution is -2.59. The number of para-hydroxylation sites is 2. The highest BCUT2D eigenvalue weighted by molar-refractivity contribution is 7.90. The molecule has 0 unspecified atom stereocenters. The molecule has 8 rings (SSSR count). The van der Waals surface area contributed by atoms with Gasteiger partial charge in [-0.15, -0.1) is 0 Å². The molecule has 0 atom stereocenters. The van der Waals surface area contributed by atoms with Crippen molar-refractivity contribution in [3.63, 3.8) is 0 Å². The van der Waals surface area contributed by atoms with Crippen molar-refractivity contribution in [3.8, 4) is 0 Å². The summed E-state index contributed by atoms with van der Waals surface area (Å²) >= 11 is 0. The van der Waals surface area contributed by atoms with E-state index in [0.717, 1.165) is 16.4 Å². The van der Waals surface area contributed by atoms with E-state index in [9.17, 15) is 48.8 Å². The van der Waals surface area contributed by atoms with Gasteiger partial charge in [0.15, 0.2) is 11.6 Å². The van der Waals surface area contributed by atoms with Gasteiger partial charge in [-0.1, -0.05) is 60.7 Å². The molecule has 0 saturated carbocycles. The van der Waals surface area contributed by atoms with E-state index in [-0.39, 0.29) is 66.8 Å². The van der Waals surface area contributed by atoms with Crippen LogP contribution in [0.3, 0.4) is 0 Å². The van der Waals surface area contributed by atoms with Crippen LogP contribution in [0.5, 0.6) is 0 Å². The van der Waals surface area contributed by atoms with E-state index in [2.05, 4.69) is 9.80 Å². The molecule has 70 heavy (non-hydrogen) atoms. The second-order valence-corrected chi connectivity index (χ2v) is 20.5. The number of amides is 1. The van der Waals surface area contributed by atoms with Gasteiger partial charge >= 0.3 is 32.5 Å². The first kappa shape index (κ1) is 52.4. The molecule has 0 aromatic heterocycles. The smallest absolute Gasteiger partial charge is 0.378 e. The number of anilines is 2. The number of carbonyl (C=O) groups is 3. The highest BCUT2D eigenvalue weighted by Gasteiger charge is 2.40. The summed E-state index contributed by atoms with van der Waals surface area (Å²) in [6, 6.07) is 24.7. The van der Waals surface area contributed by atoms with E-state index >= 15 is 4.39 Å². The lowest BCUT2D eigenvalue weighted by atomic mass is 10.1. The minimum atomic E-state index is -5.15. The van der Waals surface area contributed by atoms with Crippen molar-refractivity contribution in [3.05, 3.63) is 131 Å². The molecule has 0 bridgehead atoms. The molecule has 4 aliphatic rings. The molecule has 0 radical (unpaired) electrons. The van der Waals surface area contributed by atoms with Crippen LogP contribution in [0.25, 0.3) is 0 Å². The summed E-state index contributed by atoms with van der Waals surface area (Å²) in [5.74, 6) is -5.15. The third kappa shape index (κ3) is 12.5. The van der Waals surface area contributed by atoms with E-state index in [1.54, 1.807) is 60.7 Å². The quantitative estimate of drug-likeness (QED) is 0.116. The van der Waals surface area contributed by atoms with Gasteiger partial charge in [0, 0.05) is 74.6 Å². The van der Waals surface area contributed by atoms with Gasteiger partial charge in [0.25, 0.3) is 0 Å². The van der Waals surface area contributed by atoms with Gasteiger partial charge < -0.3 is 20.5 Å². The number of nitrogens with two attached hydrogens (primary N) is 1. The number of rotatable bonds is 17. The Morgan fingerprint density at radius 2 is 0.986 bits per heavy atom. The van der Waals surface area contributed by atoms with Crippen molar-refractivity contribution < 1.29 is 62.6 Å². The average Bonchev–Trinajstić information content (AvgIpc) is 3.31. The molecule has 4 aliphatic heterocycles. The minimum absolute atomic E-state index is 0.0430. The normalized spacial score (nSPS) is 17.9. The third-order valence-electron chi connectivity index (χ3n) is 12.3. The first-order valence-electron chi connectivity index (χ1n) is 22.3. The van der Waals surface area contributed by atoms with E-state index in [1.807, 2.05) is 0 Å². The van der Waals surface area contributed by atoms with Crippen LogP contribution < -0.4 is 19.7 Å². The molecular formula is C46H53F5N8O9S2. The van der Waals surface area contributed by atoms with Gasteiger partial charge in [-0.3, -0.25) is 32.8 Å². The number of nitrogens with zero attached hydrogens (tertiary/aromatic N) is 6. The van der Waals surface area contributed by atoms with Gasteiger partial charge in [-0.2, -0.15) is 38.6 Å². The van der Waals surface area contributed by atoms with Crippen molar-refractivity contribution in [2.75, 3.05) is 100 Å². The molecule has 24 heteroatoms. The number of piperazine rings is 2. The maximum Gasteiger partial charge on any atom is 0.471 e. The Labute approximate surface area is 402 Å². The number of ketones is 2. The first-order chi connectivity index (χ1) is 33.4. The van der Waals surface area contributed by atoms with Crippen LogP contribution in [0, 0.1) is 11.6 Å². The second-order valence-electron chi connectivity index (χ2n) is 16.8. The van der Waals surface area contributed by atoms with Crippen molar-refractivity contribution >= 4 is 49.3 Å². The van der Waals surface area contributed by atoms with Gasteiger partial charge in [0.2, 0.25) is 0 Å². The fraction of sp³-hybridized carbons (Fsp3) is 0.413. The first-order valence-corrected chi connectivity index (χ1v) is 25.1. The van der Waals surface area contributed by atoms with Crippen LogP contribution in [0.15, 0.2) is 97.1 Å². The molecule has 378 valence electrons. The van der Waals surface area contributed by atoms with Crippen LogP contribution in [0.1, 0.15) is 31.8 Å². The van der Waals surface area contributed by atoms with Crippen molar-refractivity contribution in [2.24, 2.45) is 5.73 Å². The SMILES string of the molecule is NCC(=O)c1ccc(CN(c2ccccc2)S(=O)(=O)N2CCN(C3COC3)CC2)c(F)c1.O=C(CNC(=O)C(F)(F)F)c1ccc(CN(c2ccccc2)S(=O)(=O)N2CCN(C3COC3)CC2)c(F)c1. The number of hydrogen-bond donors (Lipinski definition) is 2. The molecular weight excluding hydrogens is 968 g/mol. The van der Waals surface area contributed by atoms with Crippen LogP contribution in [-0.2, 0) is 47.8 Å². The van der Waals surface area contributed by atoms with Gasteiger partial charge in [0.05, 0.1) is 76.1 Å². The zero-order valence-corrected chi connectivity index (χ0v) is 39.5. The van der Waals surface area contributed by atoms with E-state index in [1.165, 1.54) is 42.5 Å². The fourth-order valence-corrected chi connectivity index (χ4v) is 11.2. The lowest BCUT2D eigenvalue weighted by molar-refractivity contribution is -0.173. The molecule has 0 spiro atoms. The molecule has 1 amide bonds. The summed E-state index contributed by atoms with van der Waals surface area (Å²) in [4.78, 5) is 39.3. The van der Waals surface area contributed by atoms with Crippen molar-refractivity contribution in [2.45, 2.75) is 31.3 Å². The second kappa shape index (κ2) is 22.8. The highest BCUT2D eigenvalue weighted by Crippen LogP contribution is 2.28. The Hall–Kier alpha value is -5.44. The van der Waals surface area contributed by atoms with Crippen LogP contribution >= 0.6 is 0 Å². The molecule has 4 fully saturated rings. The Kier molecular flexibility index (Phi) is 17.0. The maximum atomic E-state index is 15.0. The van der Waals surface area contributed by atoms with Gasteiger partial charge in [0.1, 0.15) is 11.6 Å². The summed E-state index contributed by atoms with van der Waals surface area (Å²) in [6.07, 6.45) is -5.15. The molecule has 4 heterocycles. The Morgan fingerprint density at radius 3 is 1.31 bits per heavy atom. The zero-order chi connectivity index (χ0) is 50.2. The molecule has 4 aromatic carbocycles. The molecule has 0 aliphatic carbocycles. The topological polar surface area (TPSA) is 195 Å². The number of nitrogens with one attached hydrogen (secondary N) is 1. The predicted molar refractivity (Wildman–Crippen MR) is 248 cm³/mol. The molecule has 4 aromatic rings. The number of halogens is 5. The molecule has 17 nitrogen and oxygen atoms in total. The van der Waals surface area contributed by atoms with E-state index in [4.69, 9.17) is 15.2 Å². The summed E-state index contributed by atoms with van der Waals surface area (Å²) in [5, 5.41) is 1.44. The van der Waals surface area contributed by atoms with E-state index < -0.39 is 56.5 Å². The lowest BCUT2D eigenvalue weighted by Gasteiger charge is -2.43. The monoisotopic (exact) mass is 1020 g/mol. The maximum absolute atomic E-state index is 15.0. The van der Waals surface area contributed by atoms with E-state index in [0.29, 0.717) is 83.1 Å². The Bertz CT molecular complexity index is 2690. The molecule has 3 N–H and O–H groups in total. The Morgan fingerprint density at radius 1 is 0.600 bits per heavy atom. The van der Waals surface area contributed by atoms with Crippen LogP contribution in [0.2, 0.25) is 0 Å². The van der Waals surface area contributed by atoms with Gasteiger partial charge in [-0.25, -0.2) is 8.78 Å². The zero-order valence-electron chi connectivity index (χ0n) is 37.8. The summed E-state index contributed by atoms with van der Waals surface area (Å²) in [6.45, 7) is 4.38. The Balaban J connectivity index is 0.000000209. The fourth-order valence-electron chi connectivity index (χ4n) is 8.03. The third-order valence-corrected chi connectivity index (χ3v) is 16.2. The average molecular weight is 1020 g/mol. The predicted octanol–water partition coefficient (Wildman–Crippen LogP) is 3.19. The summed E-state index contributed by atoms with van der Waals surface area (Å²) < 4.78 is 137. The number of Topliss-reactive ketones (excluding diaryl/α,β-unsaturated/α-hetero) is 2. The van der Waals surface area contributed by atoms with Crippen LogP contribution in [-0.4, -0.2) is 163 Å². The highest BCUT2D eigenvalue weighted by atomic mass is 32.2. The number of carbonyl (C=O) groups excluding carboxylic acids is 3. The molecule has 4 saturated heterocycles. The standard InChI is InChI=1S/C24H26F4N4O5S.C22H27FN4O4S/c25-21-12-17(22(33)13-29-23(34)24(26,27)28)6-7-18(21)14-32(19-4-2-1-3-5-19)38(35,36)31-10-8-30(9-11-31)20-15-37-16-20;23-21-12-17(22(28)13-24)6-7-18(21)14-27(19-4-2-1-3-5-19)32(29,30)26-10-8-25(9-11-26)20-15-31-16-20/h1-7,12,20H,8-11,13-16H2,(H,29,34);1-7,12,20H,8-11,13-16,24H2. The van der Waals surface area contributed by atoms with Crippen molar-refractivity contribution in [1.82, 2.24) is 23.7 Å². The minimum Gasteiger partial charge on any atom is -0.378 e. The summed E-state index contributed by atoms with van der Waals surface area (Å²) in [5.41, 5.74) is 6.15. The largest absolute Gasteiger partial charge is 0.471 e. The summed E-state index contributed by atoms with van der Waals surface area (Å²) in [7, 11) is -7.97. The number of alkyl halides is 3.